The van der Waals surface area contributed by atoms with Crippen LogP contribution >= 0.6 is 11.8 Å². The molecule has 1 aromatic rings. The van der Waals surface area contributed by atoms with Gasteiger partial charge in [0.1, 0.15) is 6.04 Å². The molecule has 0 bridgehead atoms. The molecule has 5 nitrogen and oxygen atoms in total. The van der Waals surface area contributed by atoms with Crippen LogP contribution in [0.25, 0.3) is 0 Å². The summed E-state index contributed by atoms with van der Waals surface area (Å²) in [5.74, 6) is 2.66. The van der Waals surface area contributed by atoms with Gasteiger partial charge in [-0.3, -0.25) is 0 Å². The molecule has 6 heteroatoms. The minimum Gasteiger partial charge on any atom is -0.394 e. The normalized spacial score (nSPS) is 13.2. The smallest absolute Gasteiger partial charge is 0.245 e. The lowest BCUT2D eigenvalue weighted by Crippen LogP contribution is -2.14. The molecular formula is C7H13N3O2S. The number of aromatic nitrogens is 2. The minimum atomic E-state index is -0.562. The fraction of sp³-hybridized carbons (Fsp3) is 0.714. The zero-order valence-electron chi connectivity index (χ0n) is 7.43. The summed E-state index contributed by atoms with van der Waals surface area (Å²) in [5, 5.41) is 12.4. The molecule has 1 rings (SSSR count). The van der Waals surface area contributed by atoms with Gasteiger partial charge in [-0.2, -0.15) is 16.7 Å². The second-order valence-electron chi connectivity index (χ2n) is 2.48. The Labute approximate surface area is 80.7 Å². The summed E-state index contributed by atoms with van der Waals surface area (Å²) in [6, 6.07) is -0.562. The van der Waals surface area contributed by atoms with E-state index in [0.29, 0.717) is 11.7 Å². The lowest BCUT2D eigenvalue weighted by Gasteiger charge is -1.98. The molecule has 1 atom stereocenters. The van der Waals surface area contributed by atoms with E-state index in [4.69, 9.17) is 15.4 Å². The van der Waals surface area contributed by atoms with Gasteiger partial charge >= 0.3 is 0 Å². The number of hydrogen-bond donors (Lipinski definition) is 2. The van der Waals surface area contributed by atoms with Gasteiger partial charge in [-0.1, -0.05) is 12.1 Å². The molecule has 74 valence electrons. The van der Waals surface area contributed by atoms with E-state index in [1.54, 1.807) is 11.8 Å². The summed E-state index contributed by atoms with van der Waals surface area (Å²) < 4.78 is 4.85. The van der Waals surface area contributed by atoms with Crippen LogP contribution in [-0.4, -0.2) is 27.6 Å². The first-order chi connectivity index (χ1) is 6.27. The Morgan fingerprint density at radius 3 is 3.08 bits per heavy atom. The van der Waals surface area contributed by atoms with Crippen molar-refractivity contribution in [2.24, 2.45) is 5.73 Å². The predicted molar refractivity (Wildman–Crippen MR) is 50.1 cm³/mol. The maximum absolute atomic E-state index is 8.72. The van der Waals surface area contributed by atoms with Crippen LogP contribution in [-0.2, 0) is 5.75 Å². The molecule has 0 spiro atoms. The Kier molecular flexibility index (Phi) is 4.20. The maximum atomic E-state index is 8.72. The van der Waals surface area contributed by atoms with Crippen molar-refractivity contribution in [3.63, 3.8) is 0 Å². The van der Waals surface area contributed by atoms with E-state index in [1.807, 2.05) is 0 Å². The molecule has 0 amide bonds. The third-order valence-corrected chi connectivity index (χ3v) is 2.30. The van der Waals surface area contributed by atoms with Crippen LogP contribution in [0.1, 0.15) is 24.7 Å². The van der Waals surface area contributed by atoms with E-state index >= 15 is 0 Å². The van der Waals surface area contributed by atoms with Crippen LogP contribution in [0.2, 0.25) is 0 Å². The summed E-state index contributed by atoms with van der Waals surface area (Å²) in [5.41, 5.74) is 5.48. The van der Waals surface area contributed by atoms with Crippen LogP contribution in [0.4, 0.5) is 0 Å². The zero-order chi connectivity index (χ0) is 9.68. The topological polar surface area (TPSA) is 85.2 Å². The second-order valence-corrected chi connectivity index (χ2v) is 3.75. The van der Waals surface area contributed by atoms with Crippen molar-refractivity contribution >= 4 is 11.8 Å². The zero-order valence-corrected chi connectivity index (χ0v) is 8.25. The Morgan fingerprint density at radius 1 is 1.69 bits per heavy atom. The first kappa shape index (κ1) is 10.5. The van der Waals surface area contributed by atoms with Crippen molar-refractivity contribution in [3.05, 3.63) is 11.7 Å². The SMILES string of the molecule is CCSCc1noc([C@H](N)CO)n1. The first-order valence-electron chi connectivity index (χ1n) is 4.04. The van der Waals surface area contributed by atoms with Gasteiger partial charge in [0.05, 0.1) is 12.4 Å². The summed E-state index contributed by atoms with van der Waals surface area (Å²) >= 11 is 1.71. The highest BCUT2D eigenvalue weighted by atomic mass is 32.2. The maximum Gasteiger partial charge on any atom is 0.245 e. The number of aliphatic hydroxyl groups excluding tert-OH is 1. The third kappa shape index (κ3) is 2.98. The molecule has 1 aromatic heterocycles. The number of aliphatic hydroxyl groups is 1. The van der Waals surface area contributed by atoms with Gasteiger partial charge in [0.25, 0.3) is 0 Å². The molecule has 13 heavy (non-hydrogen) atoms. The predicted octanol–water partition coefficient (Wildman–Crippen LogP) is 0.315. The van der Waals surface area contributed by atoms with Gasteiger partial charge < -0.3 is 15.4 Å². The molecule has 1 heterocycles. The molecule has 0 aliphatic rings. The second kappa shape index (κ2) is 5.21. The van der Waals surface area contributed by atoms with Gasteiger partial charge in [0.2, 0.25) is 5.89 Å². The van der Waals surface area contributed by atoms with Crippen LogP contribution in [0, 0.1) is 0 Å². The third-order valence-electron chi connectivity index (χ3n) is 1.43. The first-order valence-corrected chi connectivity index (χ1v) is 5.20. The molecule has 0 unspecified atom stereocenters. The standard InChI is InChI=1S/C7H13N3O2S/c1-2-13-4-6-9-7(12-10-6)5(8)3-11/h5,11H,2-4,8H2,1H3/t5-/m1/s1. The lowest BCUT2D eigenvalue weighted by atomic mass is 10.3. The van der Waals surface area contributed by atoms with Gasteiger partial charge in [-0.05, 0) is 5.75 Å². The van der Waals surface area contributed by atoms with Gasteiger partial charge in [0.15, 0.2) is 5.82 Å². The molecular weight excluding hydrogens is 190 g/mol. The van der Waals surface area contributed by atoms with E-state index in [2.05, 4.69) is 17.1 Å². The molecule has 0 saturated carbocycles. The lowest BCUT2D eigenvalue weighted by molar-refractivity contribution is 0.236. The molecule has 0 saturated heterocycles. The van der Waals surface area contributed by atoms with Gasteiger partial charge in [0, 0.05) is 0 Å². The van der Waals surface area contributed by atoms with Crippen molar-refractivity contribution in [1.29, 1.82) is 0 Å². The van der Waals surface area contributed by atoms with E-state index < -0.39 is 6.04 Å². The van der Waals surface area contributed by atoms with Crippen LogP contribution in [0.3, 0.4) is 0 Å². The fourth-order valence-corrected chi connectivity index (χ4v) is 1.25. The monoisotopic (exact) mass is 203 g/mol. The minimum absolute atomic E-state index is 0.178. The summed E-state index contributed by atoms with van der Waals surface area (Å²) in [6.45, 7) is 1.88. The van der Waals surface area contributed by atoms with Crippen LogP contribution < -0.4 is 5.73 Å². The molecule has 3 N–H and O–H groups in total. The van der Waals surface area contributed by atoms with Crippen molar-refractivity contribution in [1.82, 2.24) is 10.1 Å². The highest BCUT2D eigenvalue weighted by molar-refractivity contribution is 7.98. The number of hydrogen-bond acceptors (Lipinski definition) is 6. The Hall–Kier alpha value is -0.590. The van der Waals surface area contributed by atoms with Crippen molar-refractivity contribution in [3.8, 4) is 0 Å². The van der Waals surface area contributed by atoms with Crippen LogP contribution in [0.5, 0.6) is 0 Å². The van der Waals surface area contributed by atoms with E-state index in [-0.39, 0.29) is 6.61 Å². The average molecular weight is 203 g/mol. The van der Waals surface area contributed by atoms with Crippen molar-refractivity contribution in [2.45, 2.75) is 18.7 Å². The quantitative estimate of drug-likeness (QED) is 0.716. The van der Waals surface area contributed by atoms with E-state index in [9.17, 15) is 0 Å². The highest BCUT2D eigenvalue weighted by Gasteiger charge is 2.12. The number of nitrogens with zero attached hydrogens (tertiary/aromatic N) is 2. The summed E-state index contributed by atoms with van der Waals surface area (Å²) in [4.78, 5) is 4.03. The Morgan fingerprint density at radius 2 is 2.46 bits per heavy atom. The average Bonchev–Trinajstić information content (AvgIpc) is 2.62. The number of thioether (sulfide) groups is 1. The molecule has 0 aliphatic heterocycles. The Balaban J connectivity index is 2.53. The molecule has 0 aliphatic carbocycles. The summed E-state index contributed by atoms with van der Waals surface area (Å²) in [6.07, 6.45) is 0. The Bertz CT molecular complexity index is 254. The van der Waals surface area contributed by atoms with Crippen molar-refractivity contribution < 1.29 is 9.63 Å². The molecule has 0 fully saturated rings. The highest BCUT2D eigenvalue weighted by Crippen LogP contribution is 2.11. The largest absolute Gasteiger partial charge is 0.394 e. The van der Waals surface area contributed by atoms with Crippen molar-refractivity contribution in [2.75, 3.05) is 12.4 Å². The van der Waals surface area contributed by atoms with Gasteiger partial charge in [-0.25, -0.2) is 0 Å². The number of nitrogens with two attached hydrogens (primary N) is 1. The van der Waals surface area contributed by atoms with Gasteiger partial charge in [-0.15, -0.1) is 0 Å². The van der Waals surface area contributed by atoms with Crippen LogP contribution in [0.15, 0.2) is 4.52 Å². The fourth-order valence-electron chi connectivity index (χ4n) is 0.748. The summed E-state index contributed by atoms with van der Waals surface area (Å²) in [7, 11) is 0. The molecule has 0 aromatic carbocycles. The molecule has 0 radical (unpaired) electrons. The number of rotatable bonds is 5. The van der Waals surface area contributed by atoms with E-state index in [0.717, 1.165) is 11.5 Å². The van der Waals surface area contributed by atoms with E-state index in [1.165, 1.54) is 0 Å².